The second-order valence-electron chi connectivity index (χ2n) is 5.18. The molecule has 2 rings (SSSR count). The molecule has 22 heavy (non-hydrogen) atoms. The highest BCUT2D eigenvalue weighted by Crippen LogP contribution is 2.29. The molecular weight excluding hydrogens is 284 g/mol. The molecule has 6 heteroatoms. The number of carbonyl (C=O) groups is 3. The molecule has 1 heterocycles. The zero-order valence-corrected chi connectivity index (χ0v) is 12.8. The van der Waals surface area contributed by atoms with E-state index in [4.69, 9.17) is 0 Å². The van der Waals surface area contributed by atoms with E-state index in [0.717, 1.165) is 18.0 Å². The Kier molecular flexibility index (Phi) is 4.92. The van der Waals surface area contributed by atoms with E-state index in [1.165, 1.54) is 6.07 Å². The van der Waals surface area contributed by atoms with Gasteiger partial charge in [-0.2, -0.15) is 0 Å². The van der Waals surface area contributed by atoms with Crippen LogP contribution in [0.3, 0.4) is 0 Å². The highest BCUT2D eigenvalue weighted by molar-refractivity contribution is 6.17. The van der Waals surface area contributed by atoms with Crippen molar-refractivity contribution in [2.45, 2.75) is 19.8 Å². The molecule has 0 aliphatic carbocycles. The standard InChI is InChI=1S/C16H20N2O4/c1-3-17(4-2)9-10-18-14(19)12-8-6-5-7-11(12)13(15(18)20)16(21)22/h5-8,13H,3-4,9-10H2,1-2H3,(H,21,22). The van der Waals surface area contributed by atoms with Crippen LogP contribution >= 0.6 is 0 Å². The lowest BCUT2D eigenvalue weighted by atomic mass is 9.88. The minimum Gasteiger partial charge on any atom is -0.480 e. The summed E-state index contributed by atoms with van der Waals surface area (Å²) in [6, 6.07) is 6.42. The van der Waals surface area contributed by atoms with E-state index in [-0.39, 0.29) is 12.1 Å². The van der Waals surface area contributed by atoms with Gasteiger partial charge >= 0.3 is 5.97 Å². The number of aliphatic carboxylic acids is 1. The first-order valence-electron chi connectivity index (χ1n) is 7.41. The van der Waals surface area contributed by atoms with Gasteiger partial charge in [-0.05, 0) is 24.7 Å². The maximum absolute atomic E-state index is 12.5. The molecule has 1 aromatic rings. The molecule has 6 nitrogen and oxygen atoms in total. The third-order valence-corrected chi connectivity index (χ3v) is 4.04. The van der Waals surface area contributed by atoms with Gasteiger partial charge in [-0.25, -0.2) is 0 Å². The first-order chi connectivity index (χ1) is 10.5. The minimum atomic E-state index is -1.30. The van der Waals surface area contributed by atoms with Gasteiger partial charge in [-0.15, -0.1) is 0 Å². The van der Waals surface area contributed by atoms with Crippen LogP contribution in [-0.4, -0.2) is 58.9 Å². The Hall–Kier alpha value is -2.21. The largest absolute Gasteiger partial charge is 0.480 e. The topological polar surface area (TPSA) is 77.9 Å². The fraction of sp³-hybridized carbons (Fsp3) is 0.438. The number of benzene rings is 1. The summed E-state index contributed by atoms with van der Waals surface area (Å²) in [6.45, 7) is 6.37. The van der Waals surface area contributed by atoms with Crippen molar-refractivity contribution in [3.63, 3.8) is 0 Å². The number of imide groups is 1. The van der Waals surface area contributed by atoms with E-state index < -0.39 is 23.7 Å². The maximum Gasteiger partial charge on any atom is 0.320 e. The maximum atomic E-state index is 12.5. The van der Waals surface area contributed by atoms with Gasteiger partial charge in [0.1, 0.15) is 0 Å². The number of carbonyl (C=O) groups excluding carboxylic acids is 2. The third-order valence-electron chi connectivity index (χ3n) is 4.04. The van der Waals surface area contributed by atoms with E-state index >= 15 is 0 Å². The average Bonchev–Trinajstić information content (AvgIpc) is 2.50. The molecular formula is C16H20N2O4. The number of fused-ring (bicyclic) bond motifs is 1. The Bertz CT molecular complexity index is 596. The van der Waals surface area contributed by atoms with E-state index in [9.17, 15) is 19.5 Å². The van der Waals surface area contributed by atoms with Crippen LogP contribution < -0.4 is 0 Å². The van der Waals surface area contributed by atoms with E-state index in [1.54, 1.807) is 18.2 Å². The summed E-state index contributed by atoms with van der Waals surface area (Å²) in [7, 11) is 0. The van der Waals surface area contributed by atoms with Crippen molar-refractivity contribution in [1.29, 1.82) is 0 Å². The molecule has 0 saturated heterocycles. The molecule has 0 bridgehead atoms. The summed E-state index contributed by atoms with van der Waals surface area (Å²) in [5.41, 5.74) is 0.582. The van der Waals surface area contributed by atoms with Crippen LogP contribution in [0.15, 0.2) is 24.3 Å². The Morgan fingerprint density at radius 1 is 1.23 bits per heavy atom. The molecule has 1 atom stereocenters. The van der Waals surface area contributed by atoms with Crippen LogP contribution in [0.1, 0.15) is 35.7 Å². The average molecular weight is 304 g/mol. The van der Waals surface area contributed by atoms with Gasteiger partial charge in [-0.3, -0.25) is 19.3 Å². The second-order valence-corrected chi connectivity index (χ2v) is 5.18. The zero-order chi connectivity index (χ0) is 16.3. The summed E-state index contributed by atoms with van der Waals surface area (Å²) in [5.74, 6) is -3.59. The molecule has 1 aliphatic rings. The number of rotatable bonds is 6. The summed E-state index contributed by atoms with van der Waals surface area (Å²) < 4.78 is 0. The predicted octanol–water partition coefficient (Wildman–Crippen LogP) is 1.18. The Balaban J connectivity index is 2.31. The van der Waals surface area contributed by atoms with Gasteiger partial charge in [0.25, 0.3) is 5.91 Å². The van der Waals surface area contributed by atoms with Crippen molar-refractivity contribution in [2.24, 2.45) is 0 Å². The molecule has 1 N–H and O–H groups in total. The van der Waals surface area contributed by atoms with Crippen molar-refractivity contribution in [1.82, 2.24) is 9.80 Å². The lowest BCUT2D eigenvalue weighted by molar-refractivity contribution is -0.146. The molecule has 118 valence electrons. The zero-order valence-electron chi connectivity index (χ0n) is 12.8. The molecule has 0 saturated carbocycles. The van der Waals surface area contributed by atoms with Crippen LogP contribution in [0.4, 0.5) is 0 Å². The number of amides is 2. The number of hydrogen-bond acceptors (Lipinski definition) is 4. The Labute approximate surface area is 129 Å². The first kappa shape index (κ1) is 16.2. The van der Waals surface area contributed by atoms with Crippen molar-refractivity contribution in [3.05, 3.63) is 35.4 Å². The molecule has 1 aliphatic heterocycles. The monoisotopic (exact) mass is 304 g/mol. The molecule has 0 spiro atoms. The quantitative estimate of drug-likeness (QED) is 0.631. The Morgan fingerprint density at radius 3 is 2.45 bits per heavy atom. The Morgan fingerprint density at radius 2 is 1.86 bits per heavy atom. The summed E-state index contributed by atoms with van der Waals surface area (Å²) >= 11 is 0. The van der Waals surface area contributed by atoms with Crippen LogP contribution in [0.5, 0.6) is 0 Å². The third kappa shape index (κ3) is 2.87. The number of likely N-dealkylation sites (N-methyl/N-ethyl adjacent to an activating group) is 1. The fourth-order valence-corrected chi connectivity index (χ4v) is 2.71. The van der Waals surface area contributed by atoms with Gasteiger partial charge in [0.2, 0.25) is 5.91 Å². The molecule has 0 fully saturated rings. The van der Waals surface area contributed by atoms with Crippen LogP contribution in [0.2, 0.25) is 0 Å². The summed E-state index contributed by atoms with van der Waals surface area (Å²) in [6.07, 6.45) is 0. The SMILES string of the molecule is CCN(CC)CCN1C(=O)c2ccccc2C(C(=O)O)C1=O. The lowest BCUT2D eigenvalue weighted by Crippen LogP contribution is -2.49. The molecule has 1 aromatic carbocycles. The van der Waals surface area contributed by atoms with Crippen molar-refractivity contribution in [3.8, 4) is 0 Å². The van der Waals surface area contributed by atoms with Crippen LogP contribution in [0, 0.1) is 0 Å². The number of carboxylic acid groups (broad SMARTS) is 1. The van der Waals surface area contributed by atoms with E-state index in [2.05, 4.69) is 4.90 Å². The smallest absolute Gasteiger partial charge is 0.320 e. The highest BCUT2D eigenvalue weighted by atomic mass is 16.4. The number of carboxylic acids is 1. The summed E-state index contributed by atoms with van der Waals surface area (Å²) in [5, 5.41) is 9.36. The first-order valence-corrected chi connectivity index (χ1v) is 7.41. The molecule has 1 unspecified atom stereocenters. The number of hydrogen-bond donors (Lipinski definition) is 1. The van der Waals surface area contributed by atoms with Crippen molar-refractivity contribution < 1.29 is 19.5 Å². The minimum absolute atomic E-state index is 0.206. The van der Waals surface area contributed by atoms with Crippen LogP contribution in [0.25, 0.3) is 0 Å². The summed E-state index contributed by atoms with van der Waals surface area (Å²) in [4.78, 5) is 39.5. The normalized spacial score (nSPS) is 17.8. The molecule has 0 aromatic heterocycles. The van der Waals surface area contributed by atoms with E-state index in [0.29, 0.717) is 12.1 Å². The lowest BCUT2D eigenvalue weighted by Gasteiger charge is -2.32. The van der Waals surface area contributed by atoms with Gasteiger partial charge in [0, 0.05) is 18.7 Å². The van der Waals surface area contributed by atoms with E-state index in [1.807, 2.05) is 13.8 Å². The van der Waals surface area contributed by atoms with Gasteiger partial charge in [-0.1, -0.05) is 32.0 Å². The van der Waals surface area contributed by atoms with Crippen molar-refractivity contribution >= 4 is 17.8 Å². The highest BCUT2D eigenvalue weighted by Gasteiger charge is 2.42. The predicted molar refractivity (Wildman–Crippen MR) is 80.7 cm³/mol. The van der Waals surface area contributed by atoms with Gasteiger partial charge < -0.3 is 10.0 Å². The molecule has 2 amide bonds. The second kappa shape index (κ2) is 6.70. The number of nitrogens with zero attached hydrogens (tertiary/aromatic N) is 2. The van der Waals surface area contributed by atoms with Gasteiger partial charge in [0.15, 0.2) is 5.92 Å². The van der Waals surface area contributed by atoms with Gasteiger partial charge in [0.05, 0.1) is 0 Å². The van der Waals surface area contributed by atoms with Crippen molar-refractivity contribution in [2.75, 3.05) is 26.2 Å². The fourth-order valence-electron chi connectivity index (χ4n) is 2.71. The molecule has 0 radical (unpaired) electrons. The van der Waals surface area contributed by atoms with Crippen LogP contribution in [-0.2, 0) is 9.59 Å².